The van der Waals surface area contributed by atoms with Crippen LogP contribution < -0.4 is 16.2 Å². The van der Waals surface area contributed by atoms with E-state index >= 15 is 0 Å². The molecular weight excluding hydrogens is 210 g/mol. The molecule has 6 nitrogen and oxygen atoms in total. The molecule has 0 saturated carbocycles. The highest BCUT2D eigenvalue weighted by Gasteiger charge is 2.18. The molecular formula is C10H13N3O3. The van der Waals surface area contributed by atoms with Crippen LogP contribution in [0, 0.1) is 0 Å². The number of carbonyl (C=O) groups is 1. The Morgan fingerprint density at radius 3 is 2.69 bits per heavy atom. The minimum atomic E-state index is -0.544. The van der Waals surface area contributed by atoms with E-state index in [1.165, 1.54) is 12.1 Å². The normalized spacial score (nSPS) is 16.1. The summed E-state index contributed by atoms with van der Waals surface area (Å²) in [4.78, 5) is 27.0. The van der Waals surface area contributed by atoms with E-state index < -0.39 is 5.91 Å². The molecule has 0 aliphatic carbocycles. The molecule has 6 heteroatoms. The van der Waals surface area contributed by atoms with E-state index in [9.17, 15) is 9.59 Å². The molecule has 1 saturated heterocycles. The topological polar surface area (TPSA) is 88.4 Å². The van der Waals surface area contributed by atoms with E-state index in [1.54, 1.807) is 0 Å². The number of ether oxygens (including phenoxy) is 1. The van der Waals surface area contributed by atoms with Crippen molar-refractivity contribution in [3.8, 4) is 0 Å². The van der Waals surface area contributed by atoms with Crippen molar-refractivity contribution in [3.63, 3.8) is 0 Å². The number of hydrogen-bond donors (Lipinski definition) is 2. The summed E-state index contributed by atoms with van der Waals surface area (Å²) in [5.74, 6) is -0.0546. The van der Waals surface area contributed by atoms with Crippen molar-refractivity contribution < 1.29 is 9.53 Å². The van der Waals surface area contributed by atoms with Gasteiger partial charge in [-0.25, -0.2) is 0 Å². The van der Waals surface area contributed by atoms with E-state index in [1.807, 2.05) is 4.90 Å². The second-order valence-corrected chi connectivity index (χ2v) is 3.55. The molecule has 2 rings (SSSR count). The summed E-state index contributed by atoms with van der Waals surface area (Å²) in [6.07, 6.45) is 0. The highest BCUT2D eigenvalue weighted by molar-refractivity contribution is 5.97. The van der Waals surface area contributed by atoms with E-state index in [0.717, 1.165) is 0 Å². The Morgan fingerprint density at radius 2 is 2.06 bits per heavy atom. The Balaban J connectivity index is 2.40. The summed E-state index contributed by atoms with van der Waals surface area (Å²) < 4.78 is 5.20. The standard InChI is InChI=1S/C10H13N3O3/c11-9(15)7-1-2-8(14)12-10(7)13-3-5-16-6-4-13/h1-2H,3-6H2,(H2,11,15)(H,12,14). The first kappa shape index (κ1) is 10.7. The van der Waals surface area contributed by atoms with Gasteiger partial charge in [0.15, 0.2) is 0 Å². The SMILES string of the molecule is NC(=O)c1ccc(=O)[nH]c1N1CCOCC1. The number of carbonyl (C=O) groups excluding carboxylic acids is 1. The summed E-state index contributed by atoms with van der Waals surface area (Å²) in [6.45, 7) is 2.44. The van der Waals surface area contributed by atoms with Gasteiger partial charge in [-0.05, 0) is 6.07 Å². The largest absolute Gasteiger partial charge is 0.378 e. The predicted molar refractivity (Wildman–Crippen MR) is 58.6 cm³/mol. The highest BCUT2D eigenvalue weighted by Crippen LogP contribution is 2.16. The zero-order valence-electron chi connectivity index (χ0n) is 8.73. The van der Waals surface area contributed by atoms with Gasteiger partial charge in [0.2, 0.25) is 5.56 Å². The lowest BCUT2D eigenvalue weighted by Crippen LogP contribution is -2.39. The molecule has 1 aliphatic rings. The van der Waals surface area contributed by atoms with E-state index in [0.29, 0.717) is 37.7 Å². The fourth-order valence-corrected chi connectivity index (χ4v) is 1.70. The molecule has 1 amide bonds. The molecule has 3 N–H and O–H groups in total. The molecule has 16 heavy (non-hydrogen) atoms. The third-order valence-corrected chi connectivity index (χ3v) is 2.49. The van der Waals surface area contributed by atoms with E-state index in [4.69, 9.17) is 10.5 Å². The van der Waals surface area contributed by atoms with Crippen LogP contribution in [0.4, 0.5) is 5.82 Å². The molecule has 86 valence electrons. The number of aromatic nitrogens is 1. The van der Waals surface area contributed by atoms with Gasteiger partial charge < -0.3 is 20.4 Å². The molecule has 0 radical (unpaired) electrons. The molecule has 1 aromatic rings. The van der Waals surface area contributed by atoms with Gasteiger partial charge >= 0.3 is 0 Å². The molecule has 0 aromatic carbocycles. The Labute approximate surface area is 92.0 Å². The lowest BCUT2D eigenvalue weighted by molar-refractivity contribution is 0.0998. The van der Waals surface area contributed by atoms with Gasteiger partial charge in [-0.2, -0.15) is 0 Å². The third-order valence-electron chi connectivity index (χ3n) is 2.49. The van der Waals surface area contributed by atoms with Crippen LogP contribution in [0.25, 0.3) is 0 Å². The Morgan fingerprint density at radius 1 is 1.38 bits per heavy atom. The minimum Gasteiger partial charge on any atom is -0.378 e. The zero-order chi connectivity index (χ0) is 11.5. The Hall–Kier alpha value is -1.82. The minimum absolute atomic E-state index is 0.244. The van der Waals surface area contributed by atoms with Crippen molar-refractivity contribution in [1.29, 1.82) is 0 Å². The van der Waals surface area contributed by atoms with Gasteiger partial charge in [0.05, 0.1) is 18.8 Å². The summed E-state index contributed by atoms with van der Waals surface area (Å²) in [6, 6.07) is 2.75. The molecule has 1 fully saturated rings. The average molecular weight is 223 g/mol. The number of nitrogens with two attached hydrogens (primary N) is 1. The maximum atomic E-state index is 11.2. The molecule has 0 atom stereocenters. The Bertz CT molecular complexity index is 449. The number of primary amides is 1. The van der Waals surface area contributed by atoms with Crippen LogP contribution >= 0.6 is 0 Å². The van der Waals surface area contributed by atoms with Gasteiger partial charge in [-0.15, -0.1) is 0 Å². The molecule has 2 heterocycles. The van der Waals surface area contributed by atoms with E-state index in [2.05, 4.69) is 4.98 Å². The molecule has 1 aromatic heterocycles. The average Bonchev–Trinajstić information content (AvgIpc) is 2.29. The number of pyridine rings is 1. The van der Waals surface area contributed by atoms with Crippen molar-refractivity contribution in [2.75, 3.05) is 31.2 Å². The van der Waals surface area contributed by atoms with Gasteiger partial charge in [0, 0.05) is 19.2 Å². The van der Waals surface area contributed by atoms with Crippen molar-refractivity contribution >= 4 is 11.7 Å². The number of nitrogens with one attached hydrogen (secondary N) is 1. The number of nitrogens with zero attached hydrogens (tertiary/aromatic N) is 1. The predicted octanol–water partition coefficient (Wildman–Crippen LogP) is -0.690. The number of rotatable bonds is 2. The second kappa shape index (κ2) is 4.36. The van der Waals surface area contributed by atoms with Crippen molar-refractivity contribution in [2.24, 2.45) is 5.73 Å². The van der Waals surface area contributed by atoms with Gasteiger partial charge in [-0.1, -0.05) is 0 Å². The molecule has 0 spiro atoms. The molecule has 0 bridgehead atoms. The summed E-state index contributed by atoms with van der Waals surface area (Å²) in [7, 11) is 0. The van der Waals surface area contributed by atoms with Crippen LogP contribution in [0.3, 0.4) is 0 Å². The maximum absolute atomic E-state index is 11.2. The van der Waals surface area contributed by atoms with Crippen LogP contribution in [0.15, 0.2) is 16.9 Å². The van der Waals surface area contributed by atoms with E-state index in [-0.39, 0.29) is 5.56 Å². The number of hydrogen-bond acceptors (Lipinski definition) is 4. The first-order valence-corrected chi connectivity index (χ1v) is 5.04. The molecule has 1 aliphatic heterocycles. The summed E-state index contributed by atoms with van der Waals surface area (Å²) in [5.41, 5.74) is 5.34. The number of H-pyrrole nitrogens is 1. The van der Waals surface area contributed by atoms with Gasteiger partial charge in [-0.3, -0.25) is 9.59 Å². The maximum Gasteiger partial charge on any atom is 0.252 e. The van der Waals surface area contributed by atoms with Crippen LogP contribution in [0.5, 0.6) is 0 Å². The number of aromatic amines is 1. The van der Waals surface area contributed by atoms with Gasteiger partial charge in [0.1, 0.15) is 5.82 Å². The van der Waals surface area contributed by atoms with Crippen LogP contribution in [0.1, 0.15) is 10.4 Å². The fourth-order valence-electron chi connectivity index (χ4n) is 1.70. The van der Waals surface area contributed by atoms with Crippen LogP contribution in [-0.4, -0.2) is 37.2 Å². The first-order valence-electron chi connectivity index (χ1n) is 5.04. The third kappa shape index (κ3) is 2.06. The van der Waals surface area contributed by atoms with Crippen molar-refractivity contribution in [3.05, 3.63) is 28.0 Å². The lowest BCUT2D eigenvalue weighted by Gasteiger charge is -2.29. The summed E-state index contributed by atoms with van der Waals surface area (Å²) in [5, 5.41) is 0. The lowest BCUT2D eigenvalue weighted by atomic mass is 10.2. The van der Waals surface area contributed by atoms with Crippen LogP contribution in [-0.2, 0) is 4.74 Å². The summed E-state index contributed by atoms with van der Waals surface area (Å²) >= 11 is 0. The number of morpholine rings is 1. The highest BCUT2D eigenvalue weighted by atomic mass is 16.5. The molecule has 0 unspecified atom stereocenters. The second-order valence-electron chi connectivity index (χ2n) is 3.55. The Kier molecular flexibility index (Phi) is 2.91. The fraction of sp³-hybridized carbons (Fsp3) is 0.400. The monoisotopic (exact) mass is 223 g/mol. The van der Waals surface area contributed by atoms with Gasteiger partial charge in [0.25, 0.3) is 5.91 Å². The quantitative estimate of drug-likeness (QED) is 0.694. The number of anilines is 1. The van der Waals surface area contributed by atoms with Crippen molar-refractivity contribution in [1.82, 2.24) is 4.98 Å². The number of amides is 1. The van der Waals surface area contributed by atoms with Crippen LogP contribution in [0.2, 0.25) is 0 Å². The smallest absolute Gasteiger partial charge is 0.252 e. The first-order chi connectivity index (χ1) is 7.68. The zero-order valence-corrected chi connectivity index (χ0v) is 8.73. The van der Waals surface area contributed by atoms with Crippen molar-refractivity contribution in [2.45, 2.75) is 0 Å².